The molecule has 0 aliphatic heterocycles. The minimum absolute atomic E-state index is 0.206. The number of carbonyl (C=O) groups is 1. The molecule has 6 heteroatoms. The molecule has 1 aromatic heterocycles. The highest BCUT2D eigenvalue weighted by Gasteiger charge is 2.10. The summed E-state index contributed by atoms with van der Waals surface area (Å²) in [5.74, 6) is -0.734. The zero-order chi connectivity index (χ0) is 16.4. The van der Waals surface area contributed by atoms with E-state index in [1.165, 1.54) is 12.1 Å². The molecule has 0 fully saturated rings. The van der Waals surface area contributed by atoms with Crippen molar-refractivity contribution in [1.82, 2.24) is 10.3 Å². The Kier molecular flexibility index (Phi) is 4.32. The topological polar surface area (TPSA) is 65.1 Å². The largest absolute Gasteiger partial charge is 0.392 e. The van der Waals surface area contributed by atoms with Gasteiger partial charge in [-0.05, 0) is 42.0 Å². The van der Waals surface area contributed by atoms with E-state index in [4.69, 9.17) is 16.7 Å². The van der Waals surface area contributed by atoms with Gasteiger partial charge in [-0.2, -0.15) is 0 Å². The standard InChI is InChI=1S/C17H14ClFN2O2/c18-13-2-4-15-11(6-13)7-16(21-15)17(23)20-8-10-1-3-14(19)12(5-10)9-22/h1-7,21-22H,8-9H2,(H,20,23). The van der Waals surface area contributed by atoms with Crippen LogP contribution in [-0.4, -0.2) is 16.0 Å². The van der Waals surface area contributed by atoms with Crippen LogP contribution >= 0.6 is 11.6 Å². The molecule has 0 spiro atoms. The number of aliphatic hydroxyl groups is 1. The normalized spacial score (nSPS) is 10.9. The van der Waals surface area contributed by atoms with Gasteiger partial charge in [-0.15, -0.1) is 0 Å². The molecule has 1 amide bonds. The molecule has 3 rings (SSSR count). The van der Waals surface area contributed by atoms with Gasteiger partial charge < -0.3 is 15.4 Å². The predicted molar refractivity (Wildman–Crippen MR) is 86.8 cm³/mol. The van der Waals surface area contributed by atoms with Crippen LogP contribution in [0.15, 0.2) is 42.5 Å². The van der Waals surface area contributed by atoms with Gasteiger partial charge in [0, 0.05) is 28.0 Å². The first-order valence-corrected chi connectivity index (χ1v) is 7.39. The smallest absolute Gasteiger partial charge is 0.267 e. The van der Waals surface area contributed by atoms with E-state index in [1.807, 2.05) is 6.07 Å². The Balaban J connectivity index is 1.73. The molecule has 0 atom stereocenters. The monoisotopic (exact) mass is 332 g/mol. The highest BCUT2D eigenvalue weighted by atomic mass is 35.5. The molecule has 0 aliphatic rings. The maximum absolute atomic E-state index is 13.3. The Hall–Kier alpha value is -2.37. The lowest BCUT2D eigenvalue weighted by atomic mass is 10.1. The molecule has 0 aliphatic carbocycles. The van der Waals surface area contributed by atoms with Crippen molar-refractivity contribution < 1.29 is 14.3 Å². The molecular weight excluding hydrogens is 319 g/mol. The number of H-pyrrole nitrogens is 1. The third-order valence-electron chi connectivity index (χ3n) is 3.56. The Morgan fingerprint density at radius 1 is 1.22 bits per heavy atom. The number of carbonyl (C=O) groups excluding carboxylic acids is 1. The molecule has 3 N–H and O–H groups in total. The number of aromatic nitrogens is 1. The fraction of sp³-hybridized carbons (Fsp3) is 0.118. The van der Waals surface area contributed by atoms with Crippen molar-refractivity contribution in [3.05, 3.63) is 70.1 Å². The quantitative estimate of drug-likeness (QED) is 0.685. The fourth-order valence-corrected chi connectivity index (χ4v) is 2.54. The van der Waals surface area contributed by atoms with E-state index in [2.05, 4.69) is 10.3 Å². The summed E-state index contributed by atoms with van der Waals surface area (Å²) in [7, 11) is 0. The van der Waals surface area contributed by atoms with E-state index in [0.717, 1.165) is 10.9 Å². The molecule has 4 nitrogen and oxygen atoms in total. The summed E-state index contributed by atoms with van der Waals surface area (Å²) in [6, 6.07) is 11.4. The van der Waals surface area contributed by atoms with Crippen molar-refractivity contribution in [3.63, 3.8) is 0 Å². The van der Waals surface area contributed by atoms with Gasteiger partial charge in [0.1, 0.15) is 11.5 Å². The second-order valence-electron chi connectivity index (χ2n) is 5.18. The van der Waals surface area contributed by atoms with Gasteiger partial charge in [0.2, 0.25) is 0 Å². The van der Waals surface area contributed by atoms with Gasteiger partial charge in [-0.1, -0.05) is 17.7 Å². The SMILES string of the molecule is O=C(NCc1ccc(F)c(CO)c1)c1cc2cc(Cl)ccc2[nH]1. The van der Waals surface area contributed by atoms with Crippen molar-refractivity contribution in [1.29, 1.82) is 0 Å². The van der Waals surface area contributed by atoms with Crippen molar-refractivity contribution in [2.24, 2.45) is 0 Å². The van der Waals surface area contributed by atoms with Crippen LogP contribution in [-0.2, 0) is 13.2 Å². The van der Waals surface area contributed by atoms with E-state index in [0.29, 0.717) is 16.3 Å². The lowest BCUT2D eigenvalue weighted by Crippen LogP contribution is -2.23. The average molecular weight is 333 g/mol. The van der Waals surface area contributed by atoms with E-state index in [1.54, 1.807) is 24.3 Å². The second-order valence-corrected chi connectivity index (χ2v) is 5.62. The van der Waals surface area contributed by atoms with Crippen LogP contribution in [0.1, 0.15) is 21.6 Å². The average Bonchev–Trinajstić information content (AvgIpc) is 2.97. The van der Waals surface area contributed by atoms with E-state index in [-0.39, 0.29) is 24.6 Å². The number of halogens is 2. The maximum atomic E-state index is 13.3. The van der Waals surface area contributed by atoms with Crippen LogP contribution in [0.4, 0.5) is 4.39 Å². The summed E-state index contributed by atoms with van der Waals surface area (Å²) in [6.45, 7) is -0.140. The summed E-state index contributed by atoms with van der Waals surface area (Å²) in [5.41, 5.74) is 2.16. The van der Waals surface area contributed by atoms with Gasteiger partial charge in [0.15, 0.2) is 0 Å². The van der Waals surface area contributed by atoms with Crippen molar-refractivity contribution in [2.45, 2.75) is 13.2 Å². The van der Waals surface area contributed by atoms with E-state index in [9.17, 15) is 9.18 Å². The van der Waals surface area contributed by atoms with Crippen LogP contribution in [0.3, 0.4) is 0 Å². The van der Waals surface area contributed by atoms with Gasteiger partial charge in [0.25, 0.3) is 5.91 Å². The second kappa shape index (κ2) is 6.40. The lowest BCUT2D eigenvalue weighted by Gasteiger charge is -2.06. The summed E-state index contributed by atoms with van der Waals surface area (Å²) >= 11 is 5.92. The number of rotatable bonds is 4. The summed E-state index contributed by atoms with van der Waals surface area (Å²) in [4.78, 5) is 15.2. The Bertz CT molecular complexity index is 876. The van der Waals surface area contributed by atoms with Crippen LogP contribution in [0.2, 0.25) is 5.02 Å². The first kappa shape index (κ1) is 15.5. The van der Waals surface area contributed by atoms with E-state index < -0.39 is 5.82 Å². The maximum Gasteiger partial charge on any atom is 0.267 e. The number of fused-ring (bicyclic) bond motifs is 1. The third kappa shape index (κ3) is 3.36. The molecule has 0 bridgehead atoms. The summed E-state index contributed by atoms with van der Waals surface area (Å²) in [5, 5.41) is 13.3. The molecule has 118 valence electrons. The number of amides is 1. The lowest BCUT2D eigenvalue weighted by molar-refractivity contribution is 0.0946. The van der Waals surface area contributed by atoms with Crippen LogP contribution in [0, 0.1) is 5.82 Å². The van der Waals surface area contributed by atoms with E-state index >= 15 is 0 Å². The number of nitrogens with one attached hydrogen (secondary N) is 2. The molecule has 0 unspecified atom stereocenters. The van der Waals surface area contributed by atoms with Crippen molar-refractivity contribution in [2.75, 3.05) is 0 Å². The fourth-order valence-electron chi connectivity index (χ4n) is 2.36. The van der Waals surface area contributed by atoms with Gasteiger partial charge in [-0.3, -0.25) is 4.79 Å². The molecule has 23 heavy (non-hydrogen) atoms. The Labute approximate surface area is 136 Å². The number of aliphatic hydroxyl groups excluding tert-OH is 1. The molecule has 0 saturated heterocycles. The molecular formula is C17H14ClFN2O2. The summed E-state index contributed by atoms with van der Waals surface area (Å²) in [6.07, 6.45) is 0. The van der Waals surface area contributed by atoms with Crippen LogP contribution in [0.25, 0.3) is 10.9 Å². The van der Waals surface area contributed by atoms with Crippen molar-refractivity contribution >= 4 is 28.4 Å². The van der Waals surface area contributed by atoms with Gasteiger partial charge in [-0.25, -0.2) is 4.39 Å². The van der Waals surface area contributed by atoms with Crippen molar-refractivity contribution in [3.8, 4) is 0 Å². The first-order chi connectivity index (χ1) is 11.1. The third-order valence-corrected chi connectivity index (χ3v) is 3.80. The predicted octanol–water partition coefficient (Wildman–Crippen LogP) is 3.38. The number of hydrogen-bond acceptors (Lipinski definition) is 2. The minimum atomic E-state index is -0.463. The highest BCUT2D eigenvalue weighted by molar-refractivity contribution is 6.31. The number of aromatic amines is 1. The zero-order valence-corrected chi connectivity index (χ0v) is 12.8. The van der Waals surface area contributed by atoms with Gasteiger partial charge in [0.05, 0.1) is 6.61 Å². The van der Waals surface area contributed by atoms with Gasteiger partial charge >= 0.3 is 0 Å². The minimum Gasteiger partial charge on any atom is -0.392 e. The zero-order valence-electron chi connectivity index (χ0n) is 12.1. The van der Waals surface area contributed by atoms with Crippen LogP contribution < -0.4 is 5.32 Å². The molecule has 1 heterocycles. The number of hydrogen-bond donors (Lipinski definition) is 3. The Morgan fingerprint density at radius 3 is 2.83 bits per heavy atom. The first-order valence-electron chi connectivity index (χ1n) is 7.01. The molecule has 0 saturated carbocycles. The molecule has 2 aromatic carbocycles. The highest BCUT2D eigenvalue weighted by Crippen LogP contribution is 2.20. The Morgan fingerprint density at radius 2 is 2.04 bits per heavy atom. The van der Waals surface area contributed by atoms with Crippen LogP contribution in [0.5, 0.6) is 0 Å². The summed E-state index contributed by atoms with van der Waals surface area (Å²) < 4.78 is 13.3. The molecule has 3 aromatic rings. The molecule has 0 radical (unpaired) electrons. The number of benzene rings is 2.